The van der Waals surface area contributed by atoms with Crippen LogP contribution in [0.15, 0.2) is 59.0 Å². The van der Waals surface area contributed by atoms with Crippen LogP contribution in [0.2, 0.25) is 0 Å². The highest BCUT2D eigenvalue weighted by Crippen LogP contribution is 2.17. The fourth-order valence-corrected chi connectivity index (χ4v) is 5.27. The van der Waals surface area contributed by atoms with E-state index in [1.807, 2.05) is 26.8 Å². The largest absolute Gasteiger partial charge is 0.434 e. The molecule has 0 spiro atoms. The predicted molar refractivity (Wildman–Crippen MR) is 131 cm³/mol. The van der Waals surface area contributed by atoms with Gasteiger partial charge in [-0.05, 0) is 24.1 Å². The first-order chi connectivity index (χ1) is 16.2. The molecule has 1 heterocycles. The Hall–Kier alpha value is -3.04. The maximum Gasteiger partial charge on any atom is 0.266 e. The summed E-state index contributed by atoms with van der Waals surface area (Å²) in [7, 11) is -3.60. The zero-order valence-electron chi connectivity index (χ0n) is 19.7. The molecule has 1 aromatic heterocycles. The molecule has 0 fully saturated rings. The van der Waals surface area contributed by atoms with Gasteiger partial charge in [-0.1, -0.05) is 69.7 Å². The van der Waals surface area contributed by atoms with Gasteiger partial charge in [0, 0.05) is 6.04 Å². The molecule has 9 heteroatoms. The van der Waals surface area contributed by atoms with Crippen molar-refractivity contribution in [2.45, 2.75) is 57.5 Å². The van der Waals surface area contributed by atoms with Gasteiger partial charge in [0.25, 0.3) is 5.89 Å². The molecule has 182 valence electrons. The molecule has 0 unspecified atom stereocenters. The number of carbonyl (C=O) groups is 2. The molecule has 0 saturated heterocycles. The molecule has 2 atom stereocenters. The SMILES string of the molecule is CCC[C@H](NC(=O)[C@H](CS(=O)(=O)Cc1ccccc1)NC(C)C)C(=O)c1nc2ccccc2o1. The molecule has 0 bridgehead atoms. The number of nitrogens with one attached hydrogen (secondary N) is 2. The average Bonchev–Trinajstić information content (AvgIpc) is 3.22. The molecular formula is C25H31N3O5S. The van der Waals surface area contributed by atoms with Crippen molar-refractivity contribution < 1.29 is 22.4 Å². The van der Waals surface area contributed by atoms with Gasteiger partial charge in [-0.25, -0.2) is 13.4 Å². The van der Waals surface area contributed by atoms with E-state index in [0.29, 0.717) is 29.5 Å². The monoisotopic (exact) mass is 485 g/mol. The van der Waals surface area contributed by atoms with Crippen LogP contribution in [0.3, 0.4) is 0 Å². The molecule has 0 aliphatic rings. The molecule has 34 heavy (non-hydrogen) atoms. The molecule has 0 saturated carbocycles. The van der Waals surface area contributed by atoms with Gasteiger partial charge in [-0.3, -0.25) is 9.59 Å². The second-order valence-electron chi connectivity index (χ2n) is 8.61. The number of hydrogen-bond donors (Lipinski definition) is 2. The molecule has 0 aliphatic heterocycles. The predicted octanol–water partition coefficient (Wildman–Crippen LogP) is 3.28. The minimum absolute atomic E-state index is 0.0787. The van der Waals surface area contributed by atoms with Crippen LogP contribution in [0.5, 0.6) is 0 Å². The number of hydrogen-bond acceptors (Lipinski definition) is 7. The number of rotatable bonds is 12. The summed E-state index contributed by atoms with van der Waals surface area (Å²) in [5, 5.41) is 5.76. The number of fused-ring (bicyclic) bond motifs is 1. The van der Waals surface area contributed by atoms with Gasteiger partial charge >= 0.3 is 0 Å². The van der Waals surface area contributed by atoms with Crippen LogP contribution in [-0.2, 0) is 20.4 Å². The number of nitrogens with zero attached hydrogens (tertiary/aromatic N) is 1. The van der Waals surface area contributed by atoms with Gasteiger partial charge in [-0.15, -0.1) is 0 Å². The lowest BCUT2D eigenvalue weighted by Gasteiger charge is -2.23. The summed E-state index contributed by atoms with van der Waals surface area (Å²) in [4.78, 5) is 30.5. The van der Waals surface area contributed by atoms with Crippen molar-refractivity contribution in [2.75, 3.05) is 5.75 Å². The van der Waals surface area contributed by atoms with Crippen molar-refractivity contribution in [3.05, 3.63) is 66.1 Å². The van der Waals surface area contributed by atoms with E-state index in [9.17, 15) is 18.0 Å². The summed E-state index contributed by atoms with van der Waals surface area (Å²) in [5.74, 6) is -1.63. The summed E-state index contributed by atoms with van der Waals surface area (Å²) < 4.78 is 31.3. The van der Waals surface area contributed by atoms with Crippen molar-refractivity contribution in [3.63, 3.8) is 0 Å². The van der Waals surface area contributed by atoms with E-state index in [1.54, 1.807) is 48.5 Å². The second-order valence-corrected chi connectivity index (χ2v) is 10.7. The molecule has 3 aromatic rings. The lowest BCUT2D eigenvalue weighted by atomic mass is 10.1. The third-order valence-electron chi connectivity index (χ3n) is 5.22. The molecule has 0 aliphatic carbocycles. The summed E-state index contributed by atoms with van der Waals surface area (Å²) >= 11 is 0. The van der Waals surface area contributed by atoms with Gasteiger partial charge in [0.2, 0.25) is 11.7 Å². The highest BCUT2D eigenvalue weighted by atomic mass is 32.2. The smallest absolute Gasteiger partial charge is 0.266 e. The number of aromatic nitrogens is 1. The van der Waals surface area contributed by atoms with Crippen molar-refractivity contribution in [3.8, 4) is 0 Å². The Morgan fingerprint density at radius 2 is 1.68 bits per heavy atom. The van der Waals surface area contributed by atoms with E-state index >= 15 is 0 Å². The molecule has 2 N–H and O–H groups in total. The fraction of sp³-hybridized carbons (Fsp3) is 0.400. The fourth-order valence-electron chi connectivity index (χ4n) is 3.70. The van der Waals surface area contributed by atoms with Crippen molar-refractivity contribution in [1.29, 1.82) is 0 Å². The average molecular weight is 486 g/mol. The Morgan fingerprint density at radius 3 is 2.32 bits per heavy atom. The van der Waals surface area contributed by atoms with E-state index in [1.165, 1.54) is 0 Å². The summed E-state index contributed by atoms with van der Waals surface area (Å²) in [5.41, 5.74) is 1.69. The van der Waals surface area contributed by atoms with Gasteiger partial charge in [0.15, 0.2) is 15.4 Å². The second kappa shape index (κ2) is 11.4. The van der Waals surface area contributed by atoms with E-state index in [0.717, 1.165) is 0 Å². The maximum atomic E-state index is 13.2. The van der Waals surface area contributed by atoms with Crippen LogP contribution in [0, 0.1) is 0 Å². The highest BCUT2D eigenvalue weighted by molar-refractivity contribution is 7.90. The van der Waals surface area contributed by atoms with Gasteiger partial charge in [0.05, 0.1) is 17.5 Å². The van der Waals surface area contributed by atoms with E-state index < -0.39 is 33.6 Å². The molecule has 8 nitrogen and oxygen atoms in total. The number of ketones is 1. The number of Topliss-reactive ketones (excluding diaryl/α,β-unsaturated/α-hetero) is 1. The van der Waals surface area contributed by atoms with Crippen molar-refractivity contribution in [1.82, 2.24) is 15.6 Å². The van der Waals surface area contributed by atoms with E-state index in [-0.39, 0.29) is 23.4 Å². The molecule has 2 aromatic carbocycles. The third-order valence-corrected chi connectivity index (χ3v) is 6.83. The number of amides is 1. The number of para-hydroxylation sites is 2. The topological polar surface area (TPSA) is 118 Å². The lowest BCUT2D eigenvalue weighted by molar-refractivity contribution is -0.123. The van der Waals surface area contributed by atoms with E-state index in [2.05, 4.69) is 15.6 Å². The first-order valence-electron chi connectivity index (χ1n) is 11.4. The van der Waals surface area contributed by atoms with Crippen LogP contribution in [0.4, 0.5) is 0 Å². The highest BCUT2D eigenvalue weighted by Gasteiger charge is 2.31. The van der Waals surface area contributed by atoms with Crippen molar-refractivity contribution in [2.24, 2.45) is 0 Å². The van der Waals surface area contributed by atoms with Gasteiger partial charge in [-0.2, -0.15) is 0 Å². The maximum absolute atomic E-state index is 13.2. The molecule has 3 rings (SSSR count). The Bertz CT molecular complexity index is 1190. The first kappa shape index (κ1) is 25.6. The van der Waals surface area contributed by atoms with Crippen LogP contribution in [0.25, 0.3) is 11.1 Å². The minimum Gasteiger partial charge on any atom is -0.434 e. The Kier molecular flexibility index (Phi) is 8.57. The van der Waals surface area contributed by atoms with Crippen LogP contribution in [-0.4, -0.2) is 49.0 Å². The third kappa shape index (κ3) is 6.98. The minimum atomic E-state index is -3.60. The number of sulfone groups is 1. The standard InChI is InChI=1S/C25H31N3O5S/c1-4-10-20(23(29)25-28-19-13-8-9-14-22(19)33-25)27-24(30)21(26-17(2)3)16-34(31,32)15-18-11-6-5-7-12-18/h5-9,11-14,17,20-21,26H,4,10,15-16H2,1-3H3,(H,27,30)/t20-,21-/m0/s1. The van der Waals surface area contributed by atoms with Crippen molar-refractivity contribution >= 4 is 32.6 Å². The molecule has 0 radical (unpaired) electrons. The van der Waals surface area contributed by atoms with Crippen LogP contribution in [0.1, 0.15) is 49.9 Å². The quantitative estimate of drug-likeness (QED) is 0.378. The number of oxazole rings is 1. The Balaban J connectivity index is 1.76. The van der Waals surface area contributed by atoms with Gasteiger partial charge < -0.3 is 15.1 Å². The lowest BCUT2D eigenvalue weighted by Crippen LogP contribution is -2.54. The summed E-state index contributed by atoms with van der Waals surface area (Å²) in [6.07, 6.45) is 1.000. The normalized spacial score (nSPS) is 13.6. The summed E-state index contributed by atoms with van der Waals surface area (Å²) in [6, 6.07) is 13.8. The molecular weight excluding hydrogens is 454 g/mol. The number of benzene rings is 2. The Labute approximate surface area is 200 Å². The van der Waals surface area contributed by atoms with Crippen LogP contribution >= 0.6 is 0 Å². The zero-order valence-corrected chi connectivity index (χ0v) is 20.5. The van der Waals surface area contributed by atoms with Gasteiger partial charge in [0.1, 0.15) is 11.6 Å². The number of carbonyl (C=O) groups excluding carboxylic acids is 2. The Morgan fingerprint density at radius 1 is 1.00 bits per heavy atom. The zero-order chi connectivity index (χ0) is 24.7. The van der Waals surface area contributed by atoms with E-state index in [4.69, 9.17) is 4.42 Å². The van der Waals surface area contributed by atoms with Crippen LogP contribution < -0.4 is 10.6 Å². The summed E-state index contributed by atoms with van der Waals surface area (Å²) in [6.45, 7) is 5.56. The first-order valence-corrected chi connectivity index (χ1v) is 13.2. The molecule has 1 amide bonds.